The number of hydrogen-bond acceptors (Lipinski definition) is 1. The van der Waals surface area contributed by atoms with Gasteiger partial charge in [0.2, 0.25) is 0 Å². The van der Waals surface area contributed by atoms with Gasteiger partial charge in [-0.25, -0.2) is 0 Å². The molecule has 0 saturated carbocycles. The van der Waals surface area contributed by atoms with Crippen molar-refractivity contribution in [3.8, 4) is 0 Å². The van der Waals surface area contributed by atoms with E-state index in [2.05, 4.69) is 0 Å². The van der Waals surface area contributed by atoms with Gasteiger partial charge in [-0.3, -0.25) is 4.79 Å². The molecule has 0 aliphatic heterocycles. The highest BCUT2D eigenvalue weighted by Gasteiger charge is 2.24. The number of carbonyl (C=O) groups is 1. The predicted octanol–water partition coefficient (Wildman–Crippen LogP) is 2.62. The Balaban J connectivity index is 3.99. The van der Waals surface area contributed by atoms with E-state index in [1.807, 2.05) is 31.2 Å². The predicted molar refractivity (Wildman–Crippen MR) is 50.0 cm³/mol. The van der Waals surface area contributed by atoms with Crippen LogP contribution < -0.4 is 0 Å². The van der Waals surface area contributed by atoms with Crippen LogP contribution in [0, 0.1) is 5.41 Å². The fraction of sp³-hybridized carbons (Fsp3) is 0.500. The molecule has 0 atom stereocenters. The van der Waals surface area contributed by atoms with Crippen molar-refractivity contribution in [2.45, 2.75) is 27.2 Å². The van der Waals surface area contributed by atoms with Crippen molar-refractivity contribution in [1.82, 2.24) is 0 Å². The average molecular weight is 168 g/mol. The summed E-state index contributed by atoms with van der Waals surface area (Å²) >= 11 is 0. The molecular formula is C10H16O2. The first kappa shape index (κ1) is 11.0. The first-order chi connectivity index (χ1) is 5.50. The minimum Gasteiger partial charge on any atom is -0.481 e. The topological polar surface area (TPSA) is 37.3 Å². The Morgan fingerprint density at radius 1 is 1.42 bits per heavy atom. The average Bonchev–Trinajstić information content (AvgIpc) is 1.98. The second kappa shape index (κ2) is 4.75. The number of carboxylic acid groups (broad SMARTS) is 1. The molecule has 2 heteroatoms. The van der Waals surface area contributed by atoms with Crippen LogP contribution in [-0.2, 0) is 4.79 Å². The number of rotatable bonds is 4. The van der Waals surface area contributed by atoms with Crippen LogP contribution in [0.3, 0.4) is 0 Å². The third kappa shape index (κ3) is 3.96. The third-order valence-electron chi connectivity index (χ3n) is 1.65. The van der Waals surface area contributed by atoms with Crippen LogP contribution in [0.4, 0.5) is 0 Å². The van der Waals surface area contributed by atoms with Gasteiger partial charge in [0.15, 0.2) is 0 Å². The Kier molecular flexibility index (Phi) is 4.34. The second-order valence-corrected chi connectivity index (χ2v) is 3.35. The van der Waals surface area contributed by atoms with Crippen LogP contribution >= 0.6 is 0 Å². The van der Waals surface area contributed by atoms with Gasteiger partial charge in [0.05, 0.1) is 5.41 Å². The molecule has 0 aliphatic rings. The van der Waals surface area contributed by atoms with E-state index in [-0.39, 0.29) is 0 Å². The van der Waals surface area contributed by atoms with Gasteiger partial charge in [0.25, 0.3) is 0 Å². The van der Waals surface area contributed by atoms with Crippen molar-refractivity contribution in [1.29, 1.82) is 0 Å². The van der Waals surface area contributed by atoms with E-state index >= 15 is 0 Å². The molecule has 0 amide bonds. The zero-order valence-corrected chi connectivity index (χ0v) is 7.87. The van der Waals surface area contributed by atoms with E-state index in [4.69, 9.17) is 5.11 Å². The van der Waals surface area contributed by atoms with Gasteiger partial charge in [0, 0.05) is 0 Å². The highest BCUT2D eigenvalue weighted by Crippen LogP contribution is 2.20. The summed E-state index contributed by atoms with van der Waals surface area (Å²) in [6.07, 6.45) is 8.09. The lowest BCUT2D eigenvalue weighted by atomic mass is 9.89. The van der Waals surface area contributed by atoms with Crippen molar-refractivity contribution < 1.29 is 9.90 Å². The summed E-state index contributed by atoms with van der Waals surface area (Å²) in [5.74, 6) is -0.757. The standard InChI is InChI=1S/C10H16O2/c1-4-5-6-7-8-10(2,3)9(11)12/h4-7H,8H2,1-3H3,(H,11,12). The molecule has 68 valence electrons. The molecular weight excluding hydrogens is 152 g/mol. The fourth-order valence-corrected chi connectivity index (χ4v) is 0.640. The SMILES string of the molecule is CC=CC=CCC(C)(C)C(=O)O. The smallest absolute Gasteiger partial charge is 0.309 e. The van der Waals surface area contributed by atoms with Gasteiger partial charge in [-0.05, 0) is 27.2 Å². The minimum absolute atomic E-state index is 0.562. The molecule has 0 saturated heterocycles. The molecule has 0 rings (SSSR count). The van der Waals surface area contributed by atoms with Crippen LogP contribution in [0.1, 0.15) is 27.2 Å². The number of aliphatic carboxylic acids is 1. The second-order valence-electron chi connectivity index (χ2n) is 3.35. The highest BCUT2D eigenvalue weighted by atomic mass is 16.4. The molecule has 0 radical (unpaired) electrons. The molecule has 0 bridgehead atoms. The Hall–Kier alpha value is -1.05. The van der Waals surface area contributed by atoms with Crippen molar-refractivity contribution in [3.05, 3.63) is 24.3 Å². The van der Waals surface area contributed by atoms with Crippen LogP contribution in [0.2, 0.25) is 0 Å². The van der Waals surface area contributed by atoms with Gasteiger partial charge < -0.3 is 5.11 Å². The third-order valence-corrected chi connectivity index (χ3v) is 1.65. The molecule has 12 heavy (non-hydrogen) atoms. The molecule has 0 spiro atoms. The maximum Gasteiger partial charge on any atom is 0.309 e. The van der Waals surface area contributed by atoms with Gasteiger partial charge in [0.1, 0.15) is 0 Å². The lowest BCUT2D eigenvalue weighted by molar-refractivity contribution is -0.146. The summed E-state index contributed by atoms with van der Waals surface area (Å²) in [6.45, 7) is 5.36. The number of carboxylic acids is 1. The quantitative estimate of drug-likeness (QED) is 0.655. The van der Waals surface area contributed by atoms with E-state index in [1.54, 1.807) is 13.8 Å². The Labute approximate surface area is 73.6 Å². The summed E-state index contributed by atoms with van der Waals surface area (Å²) < 4.78 is 0. The minimum atomic E-state index is -0.757. The molecule has 2 nitrogen and oxygen atoms in total. The largest absolute Gasteiger partial charge is 0.481 e. The zero-order chi connectivity index (χ0) is 9.61. The first-order valence-electron chi connectivity index (χ1n) is 4.02. The highest BCUT2D eigenvalue weighted by molar-refractivity contribution is 5.73. The molecule has 0 fully saturated rings. The maximum atomic E-state index is 10.6. The normalized spacial score (nSPS) is 12.9. The lowest BCUT2D eigenvalue weighted by Crippen LogP contribution is -2.22. The summed E-state index contributed by atoms with van der Waals surface area (Å²) in [6, 6.07) is 0. The van der Waals surface area contributed by atoms with Crippen LogP contribution in [0.25, 0.3) is 0 Å². The molecule has 0 aromatic rings. The molecule has 0 aliphatic carbocycles. The maximum absolute atomic E-state index is 10.6. The van der Waals surface area contributed by atoms with Crippen LogP contribution in [0.5, 0.6) is 0 Å². The van der Waals surface area contributed by atoms with Crippen LogP contribution in [-0.4, -0.2) is 11.1 Å². The van der Waals surface area contributed by atoms with Gasteiger partial charge >= 0.3 is 5.97 Å². The van der Waals surface area contributed by atoms with E-state index in [9.17, 15) is 4.79 Å². The monoisotopic (exact) mass is 168 g/mol. The van der Waals surface area contributed by atoms with E-state index < -0.39 is 11.4 Å². The zero-order valence-electron chi connectivity index (χ0n) is 7.87. The molecule has 0 aromatic heterocycles. The van der Waals surface area contributed by atoms with Gasteiger partial charge in [-0.2, -0.15) is 0 Å². The first-order valence-corrected chi connectivity index (χ1v) is 4.02. The fourth-order valence-electron chi connectivity index (χ4n) is 0.640. The summed E-state index contributed by atoms with van der Waals surface area (Å²) in [5, 5.41) is 8.75. The van der Waals surface area contributed by atoms with Crippen molar-refractivity contribution in [3.63, 3.8) is 0 Å². The summed E-state index contributed by atoms with van der Waals surface area (Å²) in [4.78, 5) is 10.6. The van der Waals surface area contributed by atoms with Gasteiger partial charge in [-0.15, -0.1) is 0 Å². The van der Waals surface area contributed by atoms with E-state index in [1.165, 1.54) is 0 Å². The Bertz CT molecular complexity index is 200. The van der Waals surface area contributed by atoms with E-state index in [0.29, 0.717) is 6.42 Å². The van der Waals surface area contributed by atoms with E-state index in [0.717, 1.165) is 0 Å². The molecule has 0 aromatic carbocycles. The van der Waals surface area contributed by atoms with Crippen molar-refractivity contribution >= 4 is 5.97 Å². The van der Waals surface area contributed by atoms with Gasteiger partial charge in [-0.1, -0.05) is 24.3 Å². The Morgan fingerprint density at radius 2 is 2.00 bits per heavy atom. The molecule has 0 unspecified atom stereocenters. The summed E-state index contributed by atoms with van der Waals surface area (Å²) in [7, 11) is 0. The number of allylic oxidation sites excluding steroid dienone is 4. The van der Waals surface area contributed by atoms with Crippen molar-refractivity contribution in [2.75, 3.05) is 0 Å². The number of hydrogen-bond donors (Lipinski definition) is 1. The molecule has 0 heterocycles. The van der Waals surface area contributed by atoms with Crippen molar-refractivity contribution in [2.24, 2.45) is 5.41 Å². The summed E-state index contributed by atoms with van der Waals surface area (Å²) in [5.41, 5.74) is -0.655. The Morgan fingerprint density at radius 3 is 2.42 bits per heavy atom. The molecule has 1 N–H and O–H groups in total. The van der Waals surface area contributed by atoms with Crippen LogP contribution in [0.15, 0.2) is 24.3 Å². The lowest BCUT2D eigenvalue weighted by Gasteiger charge is -2.15.